The fourth-order valence-corrected chi connectivity index (χ4v) is 5.97. The van der Waals surface area contributed by atoms with Crippen molar-refractivity contribution >= 4 is 6.09 Å². The normalized spacial score (nSPS) is 22.7. The van der Waals surface area contributed by atoms with Gasteiger partial charge in [0.05, 0.1) is 33.0 Å². The lowest BCUT2D eigenvalue weighted by Gasteiger charge is -2.48. The smallest absolute Gasteiger partial charge is 0.410 e. The summed E-state index contributed by atoms with van der Waals surface area (Å²) in [5, 5.41) is 4.07. The van der Waals surface area contributed by atoms with Crippen LogP contribution in [0.1, 0.15) is 28.5 Å². The van der Waals surface area contributed by atoms with Gasteiger partial charge in [-0.1, -0.05) is 126 Å². The first kappa shape index (κ1) is 36.0. The molecule has 2 fully saturated rings. The van der Waals surface area contributed by atoms with Crippen LogP contribution in [-0.4, -0.2) is 74.6 Å². The van der Waals surface area contributed by atoms with Gasteiger partial charge in [0.25, 0.3) is 0 Å². The monoisotopic (exact) mass is 694 g/mol. The number of amides is 1. The Hall–Kier alpha value is -4.78. The number of fused-ring (bicyclic) bond motifs is 1. The van der Waals surface area contributed by atoms with Gasteiger partial charge in [0.15, 0.2) is 12.6 Å². The molecule has 0 radical (unpaired) electrons. The zero-order valence-electron chi connectivity index (χ0n) is 28.2. The highest BCUT2D eigenvalue weighted by Crippen LogP contribution is 2.37. The highest BCUT2D eigenvalue weighted by atomic mass is 16.8. The Morgan fingerprint density at radius 3 is 2.06 bits per heavy atom. The van der Waals surface area contributed by atoms with Crippen LogP contribution in [0.3, 0.4) is 0 Å². The largest absolute Gasteiger partial charge is 0.445 e. The average Bonchev–Trinajstić information content (AvgIpc) is 3.19. The number of carbonyl (C=O) groups is 1. The Bertz CT molecular complexity index is 1660. The molecule has 4 aromatic carbocycles. The molecule has 0 saturated carbocycles. The van der Waals surface area contributed by atoms with E-state index in [0.29, 0.717) is 13.1 Å². The van der Waals surface area contributed by atoms with Gasteiger partial charge < -0.3 is 38.1 Å². The third-order valence-electron chi connectivity index (χ3n) is 8.54. The zero-order chi connectivity index (χ0) is 35.1. The maximum absolute atomic E-state index is 13.1. The van der Waals surface area contributed by atoms with Crippen LogP contribution < -0.4 is 0 Å². The van der Waals surface area contributed by atoms with Crippen molar-refractivity contribution in [1.29, 1.82) is 0 Å². The topological polar surface area (TPSA) is 134 Å². The summed E-state index contributed by atoms with van der Waals surface area (Å²) < 4.78 is 42.8. The maximum atomic E-state index is 13.1. The maximum Gasteiger partial charge on any atom is 0.410 e. The van der Waals surface area contributed by atoms with E-state index in [0.717, 1.165) is 22.3 Å². The lowest BCUT2D eigenvalue weighted by molar-refractivity contribution is -0.347. The Balaban J connectivity index is 1.05. The second kappa shape index (κ2) is 19.0. The molecule has 2 aliphatic rings. The number of carbonyl (C=O) groups excluding carboxylic acids is 1. The second-order valence-electron chi connectivity index (χ2n) is 12.1. The minimum Gasteiger partial charge on any atom is -0.445 e. The molecule has 1 unspecified atom stereocenters. The van der Waals surface area contributed by atoms with E-state index in [1.165, 1.54) is 0 Å². The van der Waals surface area contributed by atoms with Crippen LogP contribution in [-0.2, 0) is 52.9 Å². The number of hydrogen-bond donors (Lipinski definition) is 0. The van der Waals surface area contributed by atoms with Crippen LogP contribution in [0.5, 0.6) is 0 Å². The first-order valence-corrected chi connectivity index (χ1v) is 17.0. The Labute approximate surface area is 297 Å². The summed E-state index contributed by atoms with van der Waals surface area (Å²) >= 11 is 0. The fourth-order valence-electron chi connectivity index (χ4n) is 5.97. The number of azide groups is 1. The molecule has 6 rings (SSSR count). The van der Waals surface area contributed by atoms with E-state index >= 15 is 0 Å². The molecular weight excluding hydrogens is 652 g/mol. The Morgan fingerprint density at radius 1 is 0.765 bits per heavy atom. The molecule has 6 atom stereocenters. The van der Waals surface area contributed by atoms with Crippen molar-refractivity contribution in [1.82, 2.24) is 4.90 Å². The minimum absolute atomic E-state index is 0.135. The highest BCUT2D eigenvalue weighted by molar-refractivity contribution is 5.67. The molecule has 0 aromatic heterocycles. The standard InChI is InChI=1S/C39H42N4O8/c40-42-41-34-36(47-26-30-15-7-2-8-16-30)35-33(28-48-37(51-35)32-19-11-4-12-20-32)50-38(34)46-24-23-45-22-21-43(25-29-13-5-1-6-14-29)39(44)49-27-31-17-9-3-10-18-31/h1-20,33-38H,21-28H2/t33-,34-,35-,36-,37?,38+/m1/s1. The molecule has 1 amide bonds. The first-order valence-electron chi connectivity index (χ1n) is 17.0. The number of nitrogens with zero attached hydrogens (tertiary/aromatic N) is 4. The molecule has 2 aliphatic heterocycles. The zero-order valence-corrected chi connectivity index (χ0v) is 28.2. The molecule has 12 nitrogen and oxygen atoms in total. The predicted octanol–water partition coefficient (Wildman–Crippen LogP) is 6.96. The van der Waals surface area contributed by atoms with Gasteiger partial charge in [0.2, 0.25) is 0 Å². The van der Waals surface area contributed by atoms with E-state index in [-0.39, 0.29) is 39.6 Å². The van der Waals surface area contributed by atoms with E-state index < -0.39 is 43.0 Å². The van der Waals surface area contributed by atoms with E-state index in [9.17, 15) is 10.3 Å². The van der Waals surface area contributed by atoms with Crippen molar-refractivity contribution in [2.75, 3.05) is 33.0 Å². The van der Waals surface area contributed by atoms with E-state index in [1.54, 1.807) is 4.90 Å². The summed E-state index contributed by atoms with van der Waals surface area (Å²) in [5.41, 5.74) is 13.3. The molecule has 0 bridgehead atoms. The molecule has 0 aliphatic carbocycles. The van der Waals surface area contributed by atoms with Gasteiger partial charge in [0, 0.05) is 23.6 Å². The van der Waals surface area contributed by atoms with Crippen molar-refractivity contribution in [3.8, 4) is 0 Å². The van der Waals surface area contributed by atoms with Gasteiger partial charge in [0.1, 0.15) is 31.0 Å². The quantitative estimate of drug-likeness (QED) is 0.0532. The van der Waals surface area contributed by atoms with Crippen molar-refractivity contribution in [3.05, 3.63) is 154 Å². The van der Waals surface area contributed by atoms with Gasteiger partial charge in [-0.15, -0.1) is 0 Å². The Morgan fingerprint density at radius 2 is 1.39 bits per heavy atom. The molecule has 2 heterocycles. The molecule has 266 valence electrons. The van der Waals surface area contributed by atoms with E-state index in [1.807, 2.05) is 121 Å². The van der Waals surface area contributed by atoms with Gasteiger partial charge in [-0.05, 0) is 22.2 Å². The lowest BCUT2D eigenvalue weighted by atomic mass is 9.96. The number of ether oxygens (including phenoxy) is 7. The van der Waals surface area contributed by atoms with Gasteiger partial charge in [-0.3, -0.25) is 0 Å². The number of hydrogen-bond acceptors (Lipinski definition) is 9. The Kier molecular flexibility index (Phi) is 13.4. The molecule has 2 saturated heterocycles. The summed E-state index contributed by atoms with van der Waals surface area (Å²) in [4.78, 5) is 17.8. The van der Waals surface area contributed by atoms with E-state index in [2.05, 4.69) is 10.0 Å². The molecular formula is C39H42N4O8. The van der Waals surface area contributed by atoms with Gasteiger partial charge >= 0.3 is 6.09 Å². The summed E-state index contributed by atoms with van der Waals surface area (Å²) in [6.07, 6.45) is -3.80. The minimum atomic E-state index is -0.936. The third kappa shape index (κ3) is 10.4. The predicted molar refractivity (Wildman–Crippen MR) is 187 cm³/mol. The first-order chi connectivity index (χ1) is 25.2. The summed E-state index contributed by atoms with van der Waals surface area (Å²) in [6, 6.07) is 37.8. The molecule has 0 spiro atoms. The molecule has 51 heavy (non-hydrogen) atoms. The second-order valence-corrected chi connectivity index (χ2v) is 12.1. The van der Waals surface area contributed by atoms with Crippen LogP contribution in [0.25, 0.3) is 10.4 Å². The third-order valence-corrected chi connectivity index (χ3v) is 8.54. The molecule has 4 aromatic rings. The van der Waals surface area contributed by atoms with Crippen LogP contribution >= 0.6 is 0 Å². The lowest BCUT2D eigenvalue weighted by Crippen LogP contribution is -2.62. The molecule has 0 N–H and O–H groups in total. The summed E-state index contributed by atoms with van der Waals surface area (Å²) in [5.74, 6) is 0. The van der Waals surface area contributed by atoms with Crippen molar-refractivity contribution in [3.63, 3.8) is 0 Å². The van der Waals surface area contributed by atoms with Crippen LogP contribution in [0, 0.1) is 0 Å². The van der Waals surface area contributed by atoms with Crippen molar-refractivity contribution in [2.45, 2.75) is 56.7 Å². The SMILES string of the molecule is [N-]=[N+]=N[C@H]1[C@@H](OCCOCCN(Cc2ccccc2)C(=O)OCc2ccccc2)O[C@@H]2COC(c3ccccc3)O[C@H]2[C@@H]1OCc1ccccc1. The number of benzene rings is 4. The average molecular weight is 695 g/mol. The summed E-state index contributed by atoms with van der Waals surface area (Å²) in [7, 11) is 0. The van der Waals surface area contributed by atoms with Crippen molar-refractivity contribution < 1.29 is 38.0 Å². The van der Waals surface area contributed by atoms with Gasteiger partial charge in [-0.2, -0.15) is 0 Å². The summed E-state index contributed by atoms with van der Waals surface area (Å²) in [6.45, 7) is 1.94. The van der Waals surface area contributed by atoms with Crippen molar-refractivity contribution in [2.24, 2.45) is 5.11 Å². The molecule has 12 heteroatoms. The van der Waals surface area contributed by atoms with Crippen LogP contribution in [0.4, 0.5) is 4.79 Å². The fraction of sp³-hybridized carbons (Fsp3) is 0.359. The number of rotatable bonds is 16. The van der Waals surface area contributed by atoms with Crippen LogP contribution in [0.2, 0.25) is 0 Å². The van der Waals surface area contributed by atoms with E-state index in [4.69, 9.17) is 33.2 Å². The highest BCUT2D eigenvalue weighted by Gasteiger charge is 2.51. The van der Waals surface area contributed by atoms with Gasteiger partial charge in [-0.25, -0.2) is 4.79 Å². The van der Waals surface area contributed by atoms with Crippen LogP contribution in [0.15, 0.2) is 126 Å².